The van der Waals surface area contributed by atoms with E-state index in [4.69, 9.17) is 1.41 Å². The van der Waals surface area contributed by atoms with Gasteiger partial charge in [0, 0.05) is 0 Å². The number of alkyl halides is 1. The van der Waals surface area contributed by atoms with Crippen molar-refractivity contribution in [3.05, 3.63) is 35.4 Å². The van der Waals surface area contributed by atoms with Crippen LogP contribution in [0, 0.1) is 5.41 Å². The second-order valence-electron chi connectivity index (χ2n) is 5.61. The van der Waals surface area contributed by atoms with Gasteiger partial charge in [0.15, 0.2) is 1.41 Å². The van der Waals surface area contributed by atoms with Gasteiger partial charge in [0.1, 0.15) is 0 Å². The molecule has 0 saturated heterocycles. The van der Waals surface area contributed by atoms with Crippen molar-refractivity contribution in [3.8, 4) is 0 Å². The zero-order valence-electron chi connectivity index (χ0n) is 13.2. The van der Waals surface area contributed by atoms with Crippen LogP contribution in [0.3, 0.4) is 0 Å². The Kier molecular flexibility index (Phi) is 5.72. The van der Waals surface area contributed by atoms with Gasteiger partial charge in [-0.1, -0.05) is 24.3 Å². The van der Waals surface area contributed by atoms with Gasteiger partial charge in [-0.25, -0.2) is 0 Å². The topological polar surface area (TPSA) is 80.4 Å². The molecular weight excluding hydrogens is 273 g/mol. The molecule has 4 nitrogen and oxygen atoms in total. The molecule has 116 valence electrons. The van der Waals surface area contributed by atoms with Crippen LogP contribution in [0.25, 0.3) is 0 Å². The molecule has 21 heavy (non-hydrogen) atoms. The molecule has 3 N–H and O–H groups in total. The number of amides is 1. The fourth-order valence-corrected chi connectivity index (χ4v) is 2.29. The highest BCUT2D eigenvalue weighted by Gasteiger charge is 2.32. The first kappa shape index (κ1) is 15.5. The van der Waals surface area contributed by atoms with E-state index in [1.54, 1.807) is 31.2 Å². The molecular formula is C16H22FNO3. The number of rotatable bonds is 9. The van der Waals surface area contributed by atoms with E-state index in [0.717, 1.165) is 11.1 Å². The SMILES string of the molecule is [2H]NC(=O)Cc1ccc(CC(C)(CCCCF)C(=O)O)cc1. The summed E-state index contributed by atoms with van der Waals surface area (Å²) in [6.45, 7) is 1.25. The minimum Gasteiger partial charge on any atom is -0.481 e. The highest BCUT2D eigenvalue weighted by atomic mass is 19.1. The Morgan fingerprint density at radius 2 is 1.90 bits per heavy atom. The molecule has 0 aliphatic carbocycles. The molecule has 0 saturated carbocycles. The number of primary amides is 1. The number of carbonyl (C=O) groups excluding carboxylic acids is 1. The summed E-state index contributed by atoms with van der Waals surface area (Å²) in [6, 6.07) is 7.11. The molecule has 0 aliphatic rings. The number of hydrogen-bond acceptors (Lipinski definition) is 2. The van der Waals surface area contributed by atoms with Gasteiger partial charge >= 0.3 is 5.97 Å². The summed E-state index contributed by atoms with van der Waals surface area (Å²) in [7, 11) is 0. The van der Waals surface area contributed by atoms with Gasteiger partial charge in [0.05, 0.1) is 18.5 Å². The zero-order valence-corrected chi connectivity index (χ0v) is 12.2. The number of carboxylic acid groups (broad SMARTS) is 1. The van der Waals surface area contributed by atoms with E-state index in [9.17, 15) is 19.1 Å². The molecule has 1 atom stereocenters. The monoisotopic (exact) mass is 296 g/mol. The lowest BCUT2D eigenvalue weighted by molar-refractivity contribution is -0.148. The molecule has 1 aromatic rings. The molecule has 1 rings (SSSR count). The summed E-state index contributed by atoms with van der Waals surface area (Å²) in [5.74, 6) is -1.28. The number of carbonyl (C=O) groups is 2. The largest absolute Gasteiger partial charge is 0.481 e. The van der Waals surface area contributed by atoms with Crippen LogP contribution in [-0.4, -0.2) is 23.7 Å². The third kappa shape index (κ3) is 5.53. The number of hydrogen-bond donors (Lipinski definition) is 2. The van der Waals surface area contributed by atoms with Crippen molar-refractivity contribution < 1.29 is 20.5 Å². The summed E-state index contributed by atoms with van der Waals surface area (Å²) >= 11 is 0. The average Bonchev–Trinajstić information content (AvgIpc) is 2.49. The van der Waals surface area contributed by atoms with Crippen molar-refractivity contribution in [1.29, 1.82) is 0 Å². The molecule has 0 radical (unpaired) electrons. The Balaban J connectivity index is 2.73. The average molecular weight is 296 g/mol. The van der Waals surface area contributed by atoms with E-state index in [1.165, 1.54) is 0 Å². The van der Waals surface area contributed by atoms with E-state index in [2.05, 4.69) is 0 Å². The maximum Gasteiger partial charge on any atom is 0.309 e. The molecule has 0 fully saturated rings. The summed E-state index contributed by atoms with van der Waals surface area (Å²) in [5.41, 5.74) is 2.52. The van der Waals surface area contributed by atoms with Gasteiger partial charge in [-0.3, -0.25) is 14.0 Å². The maximum absolute atomic E-state index is 12.2. The van der Waals surface area contributed by atoms with Crippen molar-refractivity contribution in [2.24, 2.45) is 11.1 Å². The molecule has 0 aliphatic heterocycles. The van der Waals surface area contributed by atoms with Crippen molar-refractivity contribution in [2.45, 2.75) is 39.0 Å². The summed E-state index contributed by atoms with van der Waals surface area (Å²) in [5, 5.41) is 9.43. The predicted octanol–water partition coefficient (Wildman–Crippen LogP) is 2.49. The smallest absolute Gasteiger partial charge is 0.309 e. The normalized spacial score (nSPS) is 14.1. The van der Waals surface area contributed by atoms with E-state index >= 15 is 0 Å². The third-order valence-electron chi connectivity index (χ3n) is 3.61. The van der Waals surface area contributed by atoms with Gasteiger partial charge < -0.3 is 10.8 Å². The molecule has 1 aromatic carbocycles. The lowest BCUT2D eigenvalue weighted by Crippen LogP contribution is -2.30. The Hall–Kier alpha value is -1.91. The minimum absolute atomic E-state index is 0.122. The van der Waals surface area contributed by atoms with E-state index in [-0.39, 0.29) is 6.42 Å². The van der Waals surface area contributed by atoms with Crippen LogP contribution in [-0.2, 0) is 22.4 Å². The van der Waals surface area contributed by atoms with E-state index < -0.39 is 24.0 Å². The Morgan fingerprint density at radius 1 is 1.29 bits per heavy atom. The van der Waals surface area contributed by atoms with E-state index in [0.29, 0.717) is 25.7 Å². The summed E-state index contributed by atoms with van der Waals surface area (Å²) in [6.07, 6.45) is 1.83. The number of carboxylic acids is 1. The Bertz CT molecular complexity index is 507. The highest BCUT2D eigenvalue weighted by molar-refractivity contribution is 5.76. The summed E-state index contributed by atoms with van der Waals surface area (Å²) in [4.78, 5) is 22.6. The maximum atomic E-state index is 12.2. The first-order chi connectivity index (χ1) is 10.4. The van der Waals surface area contributed by atoms with Crippen LogP contribution in [0.4, 0.5) is 4.39 Å². The molecule has 0 heterocycles. The molecule has 5 heteroatoms. The number of halogens is 1. The molecule has 1 amide bonds. The lowest BCUT2D eigenvalue weighted by Gasteiger charge is -2.25. The second-order valence-corrected chi connectivity index (χ2v) is 5.61. The fourth-order valence-electron chi connectivity index (χ4n) is 2.29. The van der Waals surface area contributed by atoms with E-state index in [1.807, 2.05) is 5.73 Å². The summed E-state index contributed by atoms with van der Waals surface area (Å²) < 4.78 is 18.9. The van der Waals surface area contributed by atoms with Gasteiger partial charge in [0.25, 0.3) is 0 Å². The van der Waals surface area contributed by atoms with Crippen LogP contribution >= 0.6 is 0 Å². The molecule has 0 spiro atoms. The molecule has 0 aromatic heterocycles. The van der Waals surface area contributed by atoms with Crippen LogP contribution in [0.5, 0.6) is 0 Å². The van der Waals surface area contributed by atoms with Crippen molar-refractivity contribution >= 4 is 11.9 Å². The second kappa shape index (κ2) is 7.76. The third-order valence-corrected chi connectivity index (χ3v) is 3.61. The number of nitrogens with two attached hydrogens (primary N) is 1. The van der Waals surface area contributed by atoms with Crippen LogP contribution < -0.4 is 5.73 Å². The van der Waals surface area contributed by atoms with Gasteiger partial charge in [-0.05, 0) is 43.7 Å². The van der Waals surface area contributed by atoms with Crippen molar-refractivity contribution in [2.75, 3.05) is 6.67 Å². The molecule has 0 bridgehead atoms. The Morgan fingerprint density at radius 3 is 2.43 bits per heavy atom. The first-order valence-electron chi connectivity index (χ1n) is 7.49. The highest BCUT2D eigenvalue weighted by Crippen LogP contribution is 2.29. The lowest BCUT2D eigenvalue weighted by atomic mass is 9.79. The predicted molar refractivity (Wildman–Crippen MR) is 78.6 cm³/mol. The number of unbranched alkanes of at least 4 members (excludes halogenated alkanes) is 1. The number of aliphatic carboxylic acids is 1. The Labute approximate surface area is 125 Å². The van der Waals surface area contributed by atoms with Crippen molar-refractivity contribution in [3.63, 3.8) is 0 Å². The van der Waals surface area contributed by atoms with Crippen LogP contribution in [0.1, 0.15) is 37.3 Å². The number of benzene rings is 1. The fraction of sp³-hybridized carbons (Fsp3) is 0.500. The van der Waals surface area contributed by atoms with Crippen molar-refractivity contribution in [1.82, 2.24) is 0 Å². The quantitative estimate of drug-likeness (QED) is 0.687. The van der Waals surface area contributed by atoms with Gasteiger partial charge in [-0.15, -0.1) is 0 Å². The standard InChI is InChI=1S/C16H22FNO3/c1-16(15(20)21,8-2-3-9-17)11-13-6-4-12(5-7-13)10-14(18)19/h4-7H,2-3,8-11H2,1H3,(H2,18,19)(H,20,21)/i/hD. The first-order valence-corrected chi connectivity index (χ1v) is 6.99. The minimum atomic E-state index is -0.921. The van der Waals surface area contributed by atoms with Gasteiger partial charge in [0.2, 0.25) is 5.91 Å². The van der Waals surface area contributed by atoms with Crippen LogP contribution in [0.15, 0.2) is 24.3 Å². The molecule has 1 unspecified atom stereocenters. The zero-order chi connectivity index (χ0) is 16.6. The van der Waals surface area contributed by atoms with Gasteiger partial charge in [-0.2, -0.15) is 0 Å². The van der Waals surface area contributed by atoms with Crippen LogP contribution in [0.2, 0.25) is 1.41 Å².